The zero-order chi connectivity index (χ0) is 24.1. The fourth-order valence-electron chi connectivity index (χ4n) is 4.56. The average molecular weight is 455 g/mol. The fourth-order valence-corrected chi connectivity index (χ4v) is 4.56. The Morgan fingerprint density at radius 2 is 1.50 bits per heavy atom. The molecule has 0 bridgehead atoms. The second-order valence-corrected chi connectivity index (χ2v) is 9.29. The lowest BCUT2D eigenvalue weighted by molar-refractivity contribution is 0.162. The number of hydrogen-bond acceptors (Lipinski definition) is 3. The van der Waals surface area contributed by atoms with Gasteiger partial charge in [0.05, 0.1) is 0 Å². The first-order valence-electron chi connectivity index (χ1n) is 12.0. The lowest BCUT2D eigenvalue weighted by Gasteiger charge is -2.23. The van der Waals surface area contributed by atoms with Gasteiger partial charge in [-0.05, 0) is 73.8 Å². The van der Waals surface area contributed by atoms with Gasteiger partial charge in [0.2, 0.25) is 0 Å². The van der Waals surface area contributed by atoms with E-state index in [1.165, 1.54) is 22.3 Å². The second kappa shape index (κ2) is 10.7. The van der Waals surface area contributed by atoms with E-state index in [0.29, 0.717) is 18.2 Å². The van der Waals surface area contributed by atoms with E-state index in [2.05, 4.69) is 78.6 Å². The van der Waals surface area contributed by atoms with Crippen molar-refractivity contribution in [1.29, 1.82) is 0 Å². The maximum absolute atomic E-state index is 12.7. The van der Waals surface area contributed by atoms with Gasteiger partial charge in [0, 0.05) is 25.6 Å². The molecule has 0 saturated carbocycles. The molecule has 4 nitrogen and oxygen atoms in total. The summed E-state index contributed by atoms with van der Waals surface area (Å²) in [6.07, 6.45) is 5.95. The fraction of sp³-hybridized carbons (Fsp3) is 0.300. The number of fused-ring (bicyclic) bond motifs is 2. The van der Waals surface area contributed by atoms with Crippen molar-refractivity contribution in [3.8, 4) is 5.75 Å². The van der Waals surface area contributed by atoms with Crippen LogP contribution in [-0.4, -0.2) is 43.6 Å². The molecule has 0 aliphatic heterocycles. The van der Waals surface area contributed by atoms with Crippen LogP contribution in [0.4, 0.5) is 4.79 Å². The highest BCUT2D eigenvalue weighted by Crippen LogP contribution is 2.37. The summed E-state index contributed by atoms with van der Waals surface area (Å²) in [6.45, 7) is 2.77. The molecule has 1 atom stereocenters. The molecule has 4 rings (SSSR count). The highest BCUT2D eigenvalue weighted by molar-refractivity contribution is 5.76. The third-order valence-corrected chi connectivity index (χ3v) is 6.80. The van der Waals surface area contributed by atoms with Gasteiger partial charge in [-0.25, -0.2) is 4.79 Å². The zero-order valence-corrected chi connectivity index (χ0v) is 20.6. The summed E-state index contributed by atoms with van der Waals surface area (Å²) < 4.78 is 5.68. The Morgan fingerprint density at radius 1 is 0.882 bits per heavy atom. The average Bonchev–Trinajstić information content (AvgIpc) is 3.01. The van der Waals surface area contributed by atoms with Gasteiger partial charge in [0.15, 0.2) is 0 Å². The van der Waals surface area contributed by atoms with E-state index < -0.39 is 0 Å². The zero-order valence-electron chi connectivity index (χ0n) is 20.6. The number of carbonyl (C=O) groups excluding carboxylic acids is 1. The van der Waals surface area contributed by atoms with Crippen LogP contribution < -0.4 is 4.74 Å². The Bertz CT molecular complexity index is 1120. The van der Waals surface area contributed by atoms with Gasteiger partial charge in [0.25, 0.3) is 0 Å². The lowest BCUT2D eigenvalue weighted by atomic mass is 9.84. The highest BCUT2D eigenvalue weighted by Gasteiger charge is 2.21. The van der Waals surface area contributed by atoms with E-state index in [-0.39, 0.29) is 12.1 Å². The molecular formula is C30H34N2O2. The van der Waals surface area contributed by atoms with Crippen LogP contribution in [0.1, 0.15) is 59.5 Å². The smallest absolute Gasteiger partial charge is 0.410 e. The minimum Gasteiger partial charge on any atom is -0.410 e. The quantitative estimate of drug-likeness (QED) is 0.392. The molecule has 0 fully saturated rings. The Labute approximate surface area is 203 Å². The molecule has 0 N–H and O–H groups in total. The summed E-state index contributed by atoms with van der Waals surface area (Å²) in [5.74, 6) is 0.886. The largest absolute Gasteiger partial charge is 0.414 e. The molecular weight excluding hydrogens is 420 g/mol. The molecule has 1 amide bonds. The van der Waals surface area contributed by atoms with Crippen LogP contribution in [-0.2, 0) is 0 Å². The number of benzene rings is 3. The molecule has 34 heavy (non-hydrogen) atoms. The van der Waals surface area contributed by atoms with E-state index in [4.69, 9.17) is 4.74 Å². The van der Waals surface area contributed by atoms with Gasteiger partial charge < -0.3 is 14.5 Å². The molecule has 1 aliphatic rings. The Morgan fingerprint density at radius 3 is 2.12 bits per heavy atom. The third-order valence-electron chi connectivity index (χ3n) is 6.80. The standard InChI is InChI=1S/C30H34N2O2/c1-22(31(2)3)25-13-9-14-26(21-25)34-30(33)32(4)20-10-17-29-27-15-7-5-11-23(27)18-19-24-12-6-8-16-28(24)29/h5-9,11-16,18-19,21-22,29H,10,17,20H2,1-4H3. The van der Waals surface area contributed by atoms with Crippen LogP contribution in [0.15, 0.2) is 72.8 Å². The van der Waals surface area contributed by atoms with Gasteiger partial charge in [-0.3, -0.25) is 0 Å². The van der Waals surface area contributed by atoms with Crippen molar-refractivity contribution in [2.45, 2.75) is 31.7 Å². The van der Waals surface area contributed by atoms with Crippen LogP contribution in [0.2, 0.25) is 0 Å². The minimum atomic E-state index is -0.321. The molecule has 3 aromatic carbocycles. The van der Waals surface area contributed by atoms with Crippen LogP contribution in [0.3, 0.4) is 0 Å². The number of nitrogens with zero attached hydrogens (tertiary/aromatic N) is 2. The van der Waals surface area contributed by atoms with Crippen molar-refractivity contribution in [2.24, 2.45) is 0 Å². The number of carbonyl (C=O) groups is 1. The van der Waals surface area contributed by atoms with E-state index in [0.717, 1.165) is 18.4 Å². The summed E-state index contributed by atoms with van der Waals surface area (Å²) in [5, 5.41) is 0. The summed E-state index contributed by atoms with van der Waals surface area (Å²) >= 11 is 0. The predicted octanol–water partition coefficient (Wildman–Crippen LogP) is 6.84. The van der Waals surface area contributed by atoms with E-state index >= 15 is 0 Å². The summed E-state index contributed by atoms with van der Waals surface area (Å²) in [4.78, 5) is 16.6. The molecule has 4 heteroatoms. The molecule has 3 aromatic rings. The molecule has 0 aromatic heterocycles. The normalized spacial score (nSPS) is 13.7. The van der Waals surface area contributed by atoms with Crippen molar-refractivity contribution in [3.63, 3.8) is 0 Å². The predicted molar refractivity (Wildman–Crippen MR) is 140 cm³/mol. The van der Waals surface area contributed by atoms with Crippen molar-refractivity contribution in [3.05, 3.63) is 101 Å². The first kappa shape index (κ1) is 23.8. The Balaban J connectivity index is 1.40. The van der Waals surface area contributed by atoms with E-state index in [1.807, 2.05) is 39.3 Å². The first-order chi connectivity index (χ1) is 16.4. The van der Waals surface area contributed by atoms with Crippen LogP contribution in [0.5, 0.6) is 5.75 Å². The van der Waals surface area contributed by atoms with Crippen molar-refractivity contribution in [2.75, 3.05) is 27.7 Å². The van der Waals surface area contributed by atoms with Gasteiger partial charge in [-0.15, -0.1) is 0 Å². The third kappa shape index (κ3) is 5.40. The Hall–Kier alpha value is -3.37. The van der Waals surface area contributed by atoms with Gasteiger partial charge in [-0.1, -0.05) is 72.8 Å². The summed E-state index contributed by atoms with van der Waals surface area (Å²) in [6, 6.07) is 25.3. The molecule has 1 unspecified atom stereocenters. The van der Waals surface area contributed by atoms with Crippen molar-refractivity contribution in [1.82, 2.24) is 9.80 Å². The maximum Gasteiger partial charge on any atom is 0.414 e. The number of hydrogen-bond donors (Lipinski definition) is 0. The molecule has 0 radical (unpaired) electrons. The van der Waals surface area contributed by atoms with Crippen molar-refractivity contribution < 1.29 is 9.53 Å². The SMILES string of the molecule is CC(c1cccc(OC(=O)N(C)CCCC2c3ccccc3C=Cc3ccccc32)c1)N(C)C. The minimum absolute atomic E-state index is 0.246. The van der Waals surface area contributed by atoms with Gasteiger partial charge >= 0.3 is 6.09 Å². The second-order valence-electron chi connectivity index (χ2n) is 9.29. The molecule has 0 saturated heterocycles. The van der Waals surface area contributed by atoms with Crippen molar-refractivity contribution >= 4 is 18.2 Å². The first-order valence-corrected chi connectivity index (χ1v) is 12.0. The van der Waals surface area contributed by atoms with E-state index in [9.17, 15) is 4.79 Å². The number of amides is 1. The van der Waals surface area contributed by atoms with Gasteiger partial charge in [0.1, 0.15) is 5.75 Å². The number of ether oxygens (including phenoxy) is 1. The topological polar surface area (TPSA) is 32.8 Å². The molecule has 0 heterocycles. The van der Waals surface area contributed by atoms with Crippen LogP contribution in [0, 0.1) is 0 Å². The monoisotopic (exact) mass is 454 g/mol. The van der Waals surface area contributed by atoms with E-state index in [1.54, 1.807) is 4.90 Å². The molecule has 0 spiro atoms. The lowest BCUT2D eigenvalue weighted by Crippen LogP contribution is -2.31. The van der Waals surface area contributed by atoms with Gasteiger partial charge in [-0.2, -0.15) is 0 Å². The van der Waals surface area contributed by atoms with Crippen LogP contribution >= 0.6 is 0 Å². The molecule has 176 valence electrons. The Kier molecular flexibility index (Phi) is 7.49. The van der Waals surface area contributed by atoms with Crippen LogP contribution in [0.25, 0.3) is 12.2 Å². The maximum atomic E-state index is 12.7. The summed E-state index contributed by atoms with van der Waals surface area (Å²) in [5.41, 5.74) is 6.35. The number of rotatable bonds is 7. The summed E-state index contributed by atoms with van der Waals surface area (Å²) in [7, 11) is 5.89. The molecule has 1 aliphatic carbocycles. The highest BCUT2D eigenvalue weighted by atomic mass is 16.6.